The Morgan fingerprint density at radius 3 is 1.30 bits per heavy atom. The normalized spacial score (nSPS) is 13.3. The van der Waals surface area contributed by atoms with E-state index in [1.165, 1.54) is 78.1 Å². The first kappa shape index (κ1) is 28.6. The Kier molecular flexibility index (Phi) is 6.47. The minimum absolute atomic E-state index is 0.493. The van der Waals surface area contributed by atoms with Crippen LogP contribution in [0.4, 0.5) is 17.1 Å². The Hall–Kier alpha value is -6.44. The van der Waals surface area contributed by atoms with Crippen LogP contribution in [-0.4, -0.2) is 0 Å². The van der Waals surface area contributed by atoms with E-state index in [1.807, 2.05) is 0 Å². The van der Waals surface area contributed by atoms with Crippen LogP contribution in [0.1, 0.15) is 22.3 Å². The minimum Gasteiger partial charge on any atom is -0.310 e. The number of hydrogen-bond acceptors (Lipinski definition) is 1. The Morgan fingerprint density at radius 1 is 0.280 bits per heavy atom. The van der Waals surface area contributed by atoms with Gasteiger partial charge in [0.1, 0.15) is 0 Å². The maximum Gasteiger partial charge on any atom is 0.0760 e. The summed E-state index contributed by atoms with van der Waals surface area (Å²) in [5.74, 6) is 0. The third-order valence-electron chi connectivity index (χ3n) is 10.7. The Bertz CT molecular complexity index is 2460. The monoisotopic (exact) mass is 635 g/mol. The molecule has 0 saturated heterocycles. The molecule has 0 amide bonds. The molecule has 0 fully saturated rings. The van der Waals surface area contributed by atoms with Crippen LogP contribution in [0.2, 0.25) is 0 Å². The lowest BCUT2D eigenvalue weighted by Crippen LogP contribution is -2.36. The number of hydrogen-bond donors (Lipinski definition) is 0. The number of nitrogens with zero attached hydrogens (tertiary/aromatic N) is 1. The summed E-state index contributed by atoms with van der Waals surface area (Å²) in [5.41, 5.74) is 18.4. The zero-order valence-electron chi connectivity index (χ0n) is 27.5. The molecule has 0 aromatic heterocycles. The second-order valence-corrected chi connectivity index (χ2v) is 13.2. The molecular weight excluding hydrogens is 603 g/mol. The highest BCUT2D eigenvalue weighted by atomic mass is 15.2. The number of para-hydroxylation sites is 3. The van der Waals surface area contributed by atoms with E-state index >= 15 is 0 Å². The van der Waals surface area contributed by atoms with Gasteiger partial charge in [0.15, 0.2) is 0 Å². The van der Waals surface area contributed by atoms with Gasteiger partial charge in [-0.3, -0.25) is 0 Å². The van der Waals surface area contributed by atoms with Gasteiger partial charge in [-0.1, -0.05) is 176 Å². The van der Waals surface area contributed by atoms with Crippen molar-refractivity contribution in [3.05, 3.63) is 222 Å². The van der Waals surface area contributed by atoms with Crippen LogP contribution in [0.3, 0.4) is 0 Å². The molecule has 1 spiro atoms. The molecule has 0 unspecified atom stereocenters. The first-order valence-electron chi connectivity index (χ1n) is 17.4. The zero-order chi connectivity index (χ0) is 33.1. The number of anilines is 3. The predicted molar refractivity (Wildman–Crippen MR) is 208 cm³/mol. The number of benzene rings is 8. The smallest absolute Gasteiger partial charge is 0.0760 e. The Balaban J connectivity index is 1.17. The summed E-state index contributed by atoms with van der Waals surface area (Å²) in [6.45, 7) is 0. The highest BCUT2D eigenvalue weighted by Crippen LogP contribution is 2.64. The van der Waals surface area contributed by atoms with Gasteiger partial charge in [-0.05, 0) is 91.0 Å². The zero-order valence-corrected chi connectivity index (χ0v) is 27.5. The number of rotatable bonds is 4. The molecular formula is C49H33N. The standard InChI is InChI=1S/C49H33N/c1-3-14-34(15-4-1)35-26-28-36(29-27-35)37-30-32-38(33-31-37)40-19-13-20-42-41-18-7-8-21-43(41)49(48(40)42)44-22-9-11-24-46(44)50(39-16-5-2-6-17-39)47-25-12-10-23-45(47)49/h1-33H. The average Bonchev–Trinajstić information content (AvgIpc) is 3.50. The van der Waals surface area contributed by atoms with E-state index in [0.717, 1.165) is 5.69 Å². The van der Waals surface area contributed by atoms with Gasteiger partial charge in [-0.2, -0.15) is 0 Å². The van der Waals surface area contributed by atoms with Crippen LogP contribution >= 0.6 is 0 Å². The van der Waals surface area contributed by atoms with Crippen molar-refractivity contribution in [2.45, 2.75) is 5.41 Å². The molecule has 1 heteroatoms. The van der Waals surface area contributed by atoms with E-state index in [4.69, 9.17) is 0 Å². The molecule has 50 heavy (non-hydrogen) atoms. The van der Waals surface area contributed by atoms with E-state index in [0.29, 0.717) is 0 Å². The average molecular weight is 636 g/mol. The van der Waals surface area contributed by atoms with Crippen molar-refractivity contribution >= 4 is 17.1 Å². The molecule has 8 aromatic rings. The lowest BCUT2D eigenvalue weighted by atomic mass is 9.63. The van der Waals surface area contributed by atoms with Gasteiger partial charge >= 0.3 is 0 Å². The molecule has 234 valence electrons. The lowest BCUT2D eigenvalue weighted by molar-refractivity contribution is 0.754. The van der Waals surface area contributed by atoms with Gasteiger partial charge in [0.2, 0.25) is 0 Å². The third kappa shape index (κ3) is 4.14. The second kappa shape index (κ2) is 11.3. The van der Waals surface area contributed by atoms with Crippen LogP contribution < -0.4 is 4.90 Å². The van der Waals surface area contributed by atoms with Crippen molar-refractivity contribution < 1.29 is 0 Å². The van der Waals surface area contributed by atoms with Crippen molar-refractivity contribution in [2.24, 2.45) is 0 Å². The summed E-state index contributed by atoms with van der Waals surface area (Å²) in [7, 11) is 0. The van der Waals surface area contributed by atoms with Gasteiger partial charge in [-0.25, -0.2) is 0 Å². The van der Waals surface area contributed by atoms with Crippen molar-refractivity contribution in [1.82, 2.24) is 0 Å². The summed E-state index contributed by atoms with van der Waals surface area (Å²) in [6.07, 6.45) is 0. The van der Waals surface area contributed by atoms with Gasteiger partial charge in [0.25, 0.3) is 0 Å². The SMILES string of the molecule is c1ccc(-c2ccc(-c3ccc(-c4cccc5c4C4(c6ccccc6-5)c5ccccc5N(c5ccccc5)c5ccccc54)cc3)cc2)cc1. The first-order chi connectivity index (χ1) is 24.8. The largest absolute Gasteiger partial charge is 0.310 e. The highest BCUT2D eigenvalue weighted by molar-refractivity contribution is 5.99. The number of fused-ring (bicyclic) bond motifs is 9. The third-order valence-corrected chi connectivity index (χ3v) is 10.7. The minimum atomic E-state index is -0.493. The summed E-state index contributed by atoms with van der Waals surface area (Å²) >= 11 is 0. The van der Waals surface area contributed by atoms with Crippen LogP contribution in [-0.2, 0) is 5.41 Å². The van der Waals surface area contributed by atoms with E-state index < -0.39 is 5.41 Å². The molecule has 1 aliphatic carbocycles. The molecule has 0 radical (unpaired) electrons. The maximum absolute atomic E-state index is 2.44. The van der Waals surface area contributed by atoms with Crippen LogP contribution in [0.25, 0.3) is 44.5 Å². The molecule has 0 atom stereocenters. The lowest BCUT2D eigenvalue weighted by Gasteiger charge is -2.45. The summed E-state index contributed by atoms with van der Waals surface area (Å²) in [6, 6.07) is 73.4. The van der Waals surface area contributed by atoms with Gasteiger partial charge in [0.05, 0.1) is 16.8 Å². The Morgan fingerprint density at radius 2 is 0.700 bits per heavy atom. The second-order valence-electron chi connectivity index (χ2n) is 13.2. The molecule has 1 nitrogen and oxygen atoms in total. The Labute approximate surface area is 293 Å². The maximum atomic E-state index is 2.44. The topological polar surface area (TPSA) is 3.24 Å². The van der Waals surface area contributed by atoms with E-state index in [2.05, 4.69) is 205 Å². The van der Waals surface area contributed by atoms with Crippen LogP contribution in [0.5, 0.6) is 0 Å². The van der Waals surface area contributed by atoms with Crippen LogP contribution in [0, 0.1) is 0 Å². The molecule has 8 aromatic carbocycles. The fourth-order valence-corrected chi connectivity index (χ4v) is 8.59. The molecule has 10 rings (SSSR count). The molecule has 0 N–H and O–H groups in total. The quantitative estimate of drug-likeness (QED) is 0.186. The fourth-order valence-electron chi connectivity index (χ4n) is 8.59. The van der Waals surface area contributed by atoms with Crippen molar-refractivity contribution in [3.8, 4) is 44.5 Å². The first-order valence-corrected chi connectivity index (χ1v) is 17.4. The molecule has 1 aliphatic heterocycles. The highest BCUT2D eigenvalue weighted by Gasteiger charge is 2.52. The molecule has 1 heterocycles. The van der Waals surface area contributed by atoms with E-state index in [1.54, 1.807) is 0 Å². The molecule has 2 aliphatic rings. The van der Waals surface area contributed by atoms with Crippen molar-refractivity contribution in [2.75, 3.05) is 4.90 Å². The molecule has 0 bridgehead atoms. The van der Waals surface area contributed by atoms with Gasteiger partial charge < -0.3 is 4.90 Å². The van der Waals surface area contributed by atoms with E-state index in [-0.39, 0.29) is 0 Å². The van der Waals surface area contributed by atoms with Crippen LogP contribution in [0.15, 0.2) is 200 Å². The van der Waals surface area contributed by atoms with Gasteiger partial charge in [-0.15, -0.1) is 0 Å². The van der Waals surface area contributed by atoms with Gasteiger partial charge in [0, 0.05) is 5.69 Å². The predicted octanol–water partition coefficient (Wildman–Crippen LogP) is 12.8. The van der Waals surface area contributed by atoms with E-state index in [9.17, 15) is 0 Å². The molecule has 0 saturated carbocycles. The summed E-state index contributed by atoms with van der Waals surface area (Å²) < 4.78 is 0. The van der Waals surface area contributed by atoms with Crippen molar-refractivity contribution in [3.63, 3.8) is 0 Å². The van der Waals surface area contributed by atoms with Crippen molar-refractivity contribution in [1.29, 1.82) is 0 Å². The summed E-state index contributed by atoms with van der Waals surface area (Å²) in [4.78, 5) is 2.44. The summed E-state index contributed by atoms with van der Waals surface area (Å²) in [5, 5.41) is 0. The fraction of sp³-hybridized carbons (Fsp3) is 0.0204.